The van der Waals surface area contributed by atoms with Gasteiger partial charge in [0.15, 0.2) is 0 Å². The second-order valence-electron chi connectivity index (χ2n) is 4.33. The molecular weight excluding hydrogens is 282 g/mol. The van der Waals surface area contributed by atoms with E-state index in [0.29, 0.717) is 17.0 Å². The summed E-state index contributed by atoms with van der Waals surface area (Å²) in [5.74, 6) is 0.679. The van der Waals surface area contributed by atoms with Crippen molar-refractivity contribution in [3.05, 3.63) is 26.6 Å². The lowest BCUT2D eigenvalue weighted by molar-refractivity contribution is -0.117. The van der Waals surface area contributed by atoms with Gasteiger partial charge < -0.3 is 10.7 Å². The van der Waals surface area contributed by atoms with Crippen LogP contribution < -0.4 is 11.3 Å². The molecule has 0 radical (unpaired) electrons. The van der Waals surface area contributed by atoms with E-state index in [2.05, 4.69) is 9.97 Å². The van der Waals surface area contributed by atoms with E-state index in [1.54, 1.807) is 6.92 Å². The SMILES string of the molecule is Cc1sc2nc(CS[C@@H](C)C(N)=O)[nH]c(=O)c2c1C. The van der Waals surface area contributed by atoms with Crippen LogP contribution in [0.3, 0.4) is 0 Å². The normalized spacial score (nSPS) is 12.8. The maximum atomic E-state index is 12.0. The number of primary amides is 1. The van der Waals surface area contributed by atoms with Crippen LogP contribution in [0.1, 0.15) is 23.2 Å². The number of thiophene rings is 1. The molecular formula is C12H15N3O2S2. The number of nitrogens with one attached hydrogen (secondary N) is 1. The lowest BCUT2D eigenvalue weighted by Gasteiger charge is -2.06. The first-order chi connectivity index (χ1) is 8.90. The van der Waals surface area contributed by atoms with Gasteiger partial charge in [-0.15, -0.1) is 23.1 Å². The number of H-pyrrole nitrogens is 1. The van der Waals surface area contributed by atoms with E-state index >= 15 is 0 Å². The molecule has 2 heterocycles. The number of amides is 1. The molecule has 0 aliphatic heterocycles. The average Bonchev–Trinajstić information content (AvgIpc) is 2.62. The summed E-state index contributed by atoms with van der Waals surface area (Å²) >= 11 is 2.88. The minimum Gasteiger partial charge on any atom is -0.369 e. The lowest BCUT2D eigenvalue weighted by atomic mass is 10.2. The van der Waals surface area contributed by atoms with Gasteiger partial charge in [0.1, 0.15) is 10.7 Å². The van der Waals surface area contributed by atoms with Crippen LogP contribution in [0.25, 0.3) is 10.2 Å². The van der Waals surface area contributed by atoms with Crippen molar-refractivity contribution in [1.82, 2.24) is 9.97 Å². The number of hydrogen-bond donors (Lipinski definition) is 2. The van der Waals surface area contributed by atoms with Gasteiger partial charge in [-0.3, -0.25) is 9.59 Å². The molecule has 2 aromatic rings. The molecule has 0 saturated heterocycles. The van der Waals surface area contributed by atoms with E-state index in [1.807, 2.05) is 13.8 Å². The number of hydrogen-bond acceptors (Lipinski definition) is 5. The lowest BCUT2D eigenvalue weighted by Crippen LogP contribution is -2.23. The molecule has 0 saturated carbocycles. The Morgan fingerprint density at radius 1 is 1.53 bits per heavy atom. The van der Waals surface area contributed by atoms with Crippen LogP contribution in [0.5, 0.6) is 0 Å². The Bertz CT molecular complexity index is 690. The highest BCUT2D eigenvalue weighted by Gasteiger charge is 2.14. The Kier molecular flexibility index (Phi) is 3.96. The van der Waals surface area contributed by atoms with Gasteiger partial charge in [0, 0.05) is 4.88 Å². The van der Waals surface area contributed by atoms with Crippen LogP contribution in [0.15, 0.2) is 4.79 Å². The van der Waals surface area contributed by atoms with Crippen molar-refractivity contribution < 1.29 is 4.79 Å². The van der Waals surface area contributed by atoms with Crippen molar-refractivity contribution in [1.29, 1.82) is 0 Å². The minimum absolute atomic E-state index is 0.117. The van der Waals surface area contributed by atoms with Gasteiger partial charge in [0.25, 0.3) is 5.56 Å². The molecule has 19 heavy (non-hydrogen) atoms. The molecule has 2 aromatic heterocycles. The summed E-state index contributed by atoms with van der Waals surface area (Å²) in [4.78, 5) is 32.0. The largest absolute Gasteiger partial charge is 0.369 e. The summed E-state index contributed by atoms with van der Waals surface area (Å²) in [6.07, 6.45) is 0. The second kappa shape index (κ2) is 5.34. The molecule has 3 N–H and O–H groups in total. The van der Waals surface area contributed by atoms with Crippen molar-refractivity contribution in [2.24, 2.45) is 5.73 Å². The van der Waals surface area contributed by atoms with E-state index in [1.165, 1.54) is 23.1 Å². The number of aryl methyl sites for hydroxylation is 2. The molecule has 0 aromatic carbocycles. The molecule has 0 spiro atoms. The molecule has 0 bridgehead atoms. The number of aromatic amines is 1. The van der Waals surface area contributed by atoms with Crippen LogP contribution in [0, 0.1) is 13.8 Å². The Labute approximate surface area is 118 Å². The van der Waals surface area contributed by atoms with Crippen LogP contribution >= 0.6 is 23.1 Å². The highest BCUT2D eigenvalue weighted by Crippen LogP contribution is 2.26. The fourth-order valence-electron chi connectivity index (χ4n) is 1.65. The average molecular weight is 297 g/mol. The number of nitrogens with two attached hydrogens (primary N) is 1. The molecule has 1 amide bonds. The molecule has 0 unspecified atom stereocenters. The summed E-state index contributed by atoms with van der Waals surface area (Å²) in [5.41, 5.74) is 6.06. The van der Waals surface area contributed by atoms with E-state index in [-0.39, 0.29) is 16.7 Å². The minimum atomic E-state index is -0.365. The molecule has 2 rings (SSSR count). The first-order valence-corrected chi connectivity index (χ1v) is 7.66. The van der Waals surface area contributed by atoms with E-state index in [4.69, 9.17) is 5.73 Å². The van der Waals surface area contributed by atoms with Crippen molar-refractivity contribution in [2.45, 2.75) is 31.8 Å². The van der Waals surface area contributed by atoms with Gasteiger partial charge in [0.2, 0.25) is 5.91 Å². The van der Waals surface area contributed by atoms with Crippen LogP contribution in [-0.2, 0) is 10.5 Å². The summed E-state index contributed by atoms with van der Waals surface area (Å²) < 4.78 is 0. The van der Waals surface area contributed by atoms with Gasteiger partial charge in [-0.1, -0.05) is 0 Å². The fraction of sp³-hybridized carbons (Fsp3) is 0.417. The number of nitrogens with zero attached hydrogens (tertiary/aromatic N) is 1. The number of fused-ring (bicyclic) bond motifs is 1. The Morgan fingerprint density at radius 3 is 2.84 bits per heavy atom. The maximum Gasteiger partial charge on any atom is 0.259 e. The van der Waals surface area contributed by atoms with Crippen molar-refractivity contribution >= 4 is 39.2 Å². The predicted octanol–water partition coefficient (Wildman–Crippen LogP) is 1.71. The number of carbonyl (C=O) groups is 1. The topological polar surface area (TPSA) is 88.8 Å². The second-order valence-corrected chi connectivity index (χ2v) is 6.86. The van der Waals surface area contributed by atoms with Gasteiger partial charge in [-0.2, -0.15) is 0 Å². The van der Waals surface area contributed by atoms with Crippen molar-refractivity contribution in [2.75, 3.05) is 0 Å². The van der Waals surface area contributed by atoms with Gasteiger partial charge in [0.05, 0.1) is 16.4 Å². The molecule has 0 fully saturated rings. The van der Waals surface area contributed by atoms with Crippen molar-refractivity contribution in [3.63, 3.8) is 0 Å². The molecule has 1 atom stereocenters. The first kappa shape index (κ1) is 14.1. The van der Waals surface area contributed by atoms with Crippen molar-refractivity contribution in [3.8, 4) is 0 Å². The summed E-state index contributed by atoms with van der Waals surface area (Å²) in [5, 5.41) is 0.368. The zero-order valence-electron chi connectivity index (χ0n) is 10.9. The van der Waals surface area contributed by atoms with Crippen LogP contribution in [-0.4, -0.2) is 21.1 Å². The Morgan fingerprint density at radius 2 is 2.21 bits per heavy atom. The summed E-state index contributed by atoms with van der Waals surface area (Å²) in [6, 6.07) is 0. The summed E-state index contributed by atoms with van der Waals surface area (Å²) in [7, 11) is 0. The summed E-state index contributed by atoms with van der Waals surface area (Å²) in [6.45, 7) is 5.64. The molecule has 0 aliphatic rings. The van der Waals surface area contributed by atoms with Gasteiger partial charge in [-0.25, -0.2) is 4.98 Å². The standard InChI is InChI=1S/C12H15N3O2S2/c1-5-6(2)19-12-9(5)11(17)14-8(15-12)4-18-7(3)10(13)16/h7H,4H2,1-3H3,(H2,13,16)(H,14,15,17)/t7-/m0/s1. The number of thioether (sulfide) groups is 1. The highest BCUT2D eigenvalue weighted by atomic mass is 32.2. The third-order valence-electron chi connectivity index (χ3n) is 2.96. The highest BCUT2D eigenvalue weighted by molar-refractivity contribution is 7.99. The fourth-order valence-corrected chi connectivity index (χ4v) is 3.41. The quantitative estimate of drug-likeness (QED) is 0.899. The zero-order chi connectivity index (χ0) is 14.2. The molecule has 0 aliphatic carbocycles. The number of rotatable bonds is 4. The van der Waals surface area contributed by atoms with E-state index < -0.39 is 0 Å². The molecule has 102 valence electrons. The van der Waals surface area contributed by atoms with E-state index in [9.17, 15) is 9.59 Å². The van der Waals surface area contributed by atoms with E-state index in [0.717, 1.165) is 15.3 Å². The van der Waals surface area contributed by atoms with Crippen LogP contribution in [0.2, 0.25) is 0 Å². The maximum absolute atomic E-state index is 12.0. The third kappa shape index (κ3) is 2.82. The molecule has 5 nitrogen and oxygen atoms in total. The monoisotopic (exact) mass is 297 g/mol. The first-order valence-electron chi connectivity index (χ1n) is 5.80. The number of carbonyl (C=O) groups excluding carboxylic acids is 1. The third-order valence-corrected chi connectivity index (χ3v) is 5.23. The smallest absolute Gasteiger partial charge is 0.259 e. The Balaban J connectivity index is 2.31. The van der Waals surface area contributed by atoms with Crippen LogP contribution in [0.4, 0.5) is 0 Å². The predicted molar refractivity (Wildman–Crippen MR) is 79.7 cm³/mol. The Hall–Kier alpha value is -1.34. The zero-order valence-corrected chi connectivity index (χ0v) is 12.6. The molecule has 7 heteroatoms. The van der Waals surface area contributed by atoms with Gasteiger partial charge >= 0.3 is 0 Å². The van der Waals surface area contributed by atoms with Gasteiger partial charge in [-0.05, 0) is 26.3 Å². The number of aromatic nitrogens is 2.